The molecule has 3 nitrogen and oxygen atoms in total. The van der Waals surface area contributed by atoms with Gasteiger partial charge in [0.1, 0.15) is 17.5 Å². The minimum Gasteiger partial charge on any atom is -0.483 e. The van der Waals surface area contributed by atoms with Crippen LogP contribution in [0.15, 0.2) is 6.07 Å². The Hall–Kier alpha value is -1.03. The van der Waals surface area contributed by atoms with Crippen LogP contribution in [0.3, 0.4) is 0 Å². The van der Waals surface area contributed by atoms with E-state index in [-0.39, 0.29) is 12.1 Å². The van der Waals surface area contributed by atoms with E-state index in [4.69, 9.17) is 9.47 Å². The normalized spacial score (nSPS) is 23.4. The molecule has 4 heteroatoms. The number of halogens is 1. The molecule has 1 heterocycles. The van der Waals surface area contributed by atoms with Crippen LogP contribution < -0.4 is 4.74 Å². The smallest absolute Gasteiger partial charge is 0.311 e. The second-order valence-electron chi connectivity index (χ2n) is 8.14. The average Bonchev–Trinajstić information content (AvgIpc) is 2.45. The van der Waals surface area contributed by atoms with E-state index >= 15 is 0 Å². The fraction of sp³-hybridized carbons (Fsp3) is 0.650. The summed E-state index contributed by atoms with van der Waals surface area (Å²) in [6, 6.07) is 2.19. The van der Waals surface area contributed by atoms with Crippen molar-refractivity contribution in [2.45, 2.75) is 73.0 Å². The maximum Gasteiger partial charge on any atom is 0.311 e. The molecule has 0 fully saturated rings. The zero-order chi connectivity index (χ0) is 18.3. The van der Waals surface area contributed by atoms with Gasteiger partial charge in [0, 0.05) is 23.7 Å². The summed E-state index contributed by atoms with van der Waals surface area (Å²) in [4.78, 5) is 12.5. The highest BCUT2D eigenvalue weighted by atomic mass is 79.9. The quantitative estimate of drug-likeness (QED) is 0.529. The van der Waals surface area contributed by atoms with Crippen molar-refractivity contribution in [3.8, 4) is 5.75 Å². The van der Waals surface area contributed by atoms with Gasteiger partial charge in [-0.25, -0.2) is 0 Å². The van der Waals surface area contributed by atoms with Crippen LogP contribution in [0.5, 0.6) is 5.75 Å². The number of ether oxygens (including phenoxy) is 2. The Morgan fingerprint density at radius 3 is 2.50 bits per heavy atom. The summed E-state index contributed by atoms with van der Waals surface area (Å²) in [5, 5.41) is 0.798. The molecule has 1 aliphatic heterocycles. The molecule has 2 atom stereocenters. The van der Waals surface area contributed by atoms with Crippen molar-refractivity contribution in [1.82, 2.24) is 0 Å². The zero-order valence-electron chi connectivity index (χ0n) is 15.9. The molecule has 2 rings (SSSR count). The van der Waals surface area contributed by atoms with Crippen molar-refractivity contribution in [3.05, 3.63) is 28.3 Å². The first-order valence-electron chi connectivity index (χ1n) is 8.55. The minimum atomic E-state index is -0.525. The number of rotatable bonds is 3. The van der Waals surface area contributed by atoms with Crippen molar-refractivity contribution < 1.29 is 14.3 Å². The number of esters is 1. The Bertz CT molecular complexity index is 645. The third-order valence-electron chi connectivity index (χ3n) is 4.97. The van der Waals surface area contributed by atoms with Crippen LogP contribution in [0.1, 0.15) is 56.4 Å². The predicted octanol–water partition coefficient (Wildman–Crippen LogP) is 5.05. The van der Waals surface area contributed by atoms with Gasteiger partial charge in [-0.3, -0.25) is 4.79 Å². The standard InChI is InChI=1S/C20H29BrO3/c1-12-10-13(2)15-11-16(23-18(22)19(4,5)6)20(7,8-9-21)24-17(15)14(12)3/h10,16H,8-9,11H2,1-7H3. The highest BCUT2D eigenvalue weighted by Crippen LogP contribution is 2.42. The lowest BCUT2D eigenvalue weighted by Crippen LogP contribution is -2.52. The van der Waals surface area contributed by atoms with E-state index in [1.54, 1.807) is 0 Å². The van der Waals surface area contributed by atoms with Gasteiger partial charge >= 0.3 is 5.97 Å². The van der Waals surface area contributed by atoms with Crippen LogP contribution in [0, 0.1) is 26.2 Å². The molecular formula is C20H29BrO3. The summed E-state index contributed by atoms with van der Waals surface area (Å²) in [5.41, 5.74) is 3.73. The summed E-state index contributed by atoms with van der Waals surface area (Å²) in [6.07, 6.45) is 1.20. The lowest BCUT2D eigenvalue weighted by atomic mass is 9.83. The first-order chi connectivity index (χ1) is 11.0. The lowest BCUT2D eigenvalue weighted by molar-refractivity contribution is -0.172. The molecule has 0 saturated heterocycles. The monoisotopic (exact) mass is 396 g/mol. The van der Waals surface area contributed by atoms with Crippen molar-refractivity contribution >= 4 is 21.9 Å². The van der Waals surface area contributed by atoms with E-state index in [9.17, 15) is 4.79 Å². The second kappa shape index (κ2) is 6.70. The van der Waals surface area contributed by atoms with E-state index in [1.165, 1.54) is 16.7 Å². The van der Waals surface area contributed by atoms with Crippen LogP contribution in [0.4, 0.5) is 0 Å². The van der Waals surface area contributed by atoms with Gasteiger partial charge in [-0.2, -0.15) is 0 Å². The Kier molecular flexibility index (Phi) is 5.39. The minimum absolute atomic E-state index is 0.179. The first kappa shape index (κ1) is 19.3. The van der Waals surface area contributed by atoms with E-state index in [0.29, 0.717) is 6.42 Å². The SMILES string of the molecule is Cc1cc(C)c2c(c1C)OC(C)(CCBr)C(OC(=O)C(C)(C)C)C2. The van der Waals surface area contributed by atoms with Gasteiger partial charge in [-0.1, -0.05) is 22.0 Å². The molecule has 1 aliphatic rings. The number of carbonyl (C=O) groups is 1. The van der Waals surface area contributed by atoms with Crippen LogP contribution >= 0.6 is 15.9 Å². The predicted molar refractivity (Wildman–Crippen MR) is 101 cm³/mol. The third kappa shape index (κ3) is 3.63. The van der Waals surface area contributed by atoms with Gasteiger partial charge in [0.15, 0.2) is 0 Å². The molecule has 134 valence electrons. The molecule has 2 unspecified atom stereocenters. The molecular weight excluding hydrogens is 368 g/mol. The fourth-order valence-electron chi connectivity index (χ4n) is 3.07. The number of hydrogen-bond acceptors (Lipinski definition) is 3. The number of alkyl halides is 1. The van der Waals surface area contributed by atoms with Crippen LogP contribution in [0.2, 0.25) is 0 Å². The van der Waals surface area contributed by atoms with Crippen molar-refractivity contribution in [2.24, 2.45) is 5.41 Å². The topological polar surface area (TPSA) is 35.5 Å². The largest absolute Gasteiger partial charge is 0.483 e. The Morgan fingerprint density at radius 2 is 1.96 bits per heavy atom. The van der Waals surface area contributed by atoms with Gasteiger partial charge in [0.25, 0.3) is 0 Å². The van der Waals surface area contributed by atoms with Crippen LogP contribution in [0.25, 0.3) is 0 Å². The summed E-state index contributed by atoms with van der Waals surface area (Å²) in [7, 11) is 0. The summed E-state index contributed by atoms with van der Waals surface area (Å²) in [6.45, 7) is 14.0. The van der Waals surface area contributed by atoms with Gasteiger partial charge in [-0.05, 0) is 65.2 Å². The first-order valence-corrected chi connectivity index (χ1v) is 9.67. The van der Waals surface area contributed by atoms with Crippen molar-refractivity contribution in [3.63, 3.8) is 0 Å². The number of aryl methyl sites for hydroxylation is 2. The van der Waals surface area contributed by atoms with E-state index < -0.39 is 11.0 Å². The summed E-state index contributed by atoms with van der Waals surface area (Å²) < 4.78 is 12.4. The molecule has 0 radical (unpaired) electrons. The van der Waals surface area contributed by atoms with Gasteiger partial charge in [0.05, 0.1) is 5.41 Å². The second-order valence-corrected chi connectivity index (χ2v) is 8.94. The molecule has 24 heavy (non-hydrogen) atoms. The number of carbonyl (C=O) groups excluding carboxylic acids is 1. The van der Waals surface area contributed by atoms with Gasteiger partial charge < -0.3 is 9.47 Å². The van der Waals surface area contributed by atoms with E-state index in [1.807, 2.05) is 20.8 Å². The molecule has 0 bridgehead atoms. The molecule has 0 saturated carbocycles. The number of hydrogen-bond donors (Lipinski definition) is 0. The third-order valence-corrected chi connectivity index (χ3v) is 5.37. The molecule has 0 aromatic heterocycles. The summed E-state index contributed by atoms with van der Waals surface area (Å²) in [5.74, 6) is 0.792. The number of fused-ring (bicyclic) bond motifs is 1. The molecule has 0 aliphatic carbocycles. The zero-order valence-corrected chi connectivity index (χ0v) is 17.5. The lowest BCUT2D eigenvalue weighted by Gasteiger charge is -2.43. The highest BCUT2D eigenvalue weighted by molar-refractivity contribution is 9.09. The van der Waals surface area contributed by atoms with Gasteiger partial charge in [-0.15, -0.1) is 0 Å². The molecule has 1 aromatic carbocycles. The Morgan fingerprint density at radius 1 is 1.33 bits per heavy atom. The molecule has 0 N–H and O–H groups in total. The molecule has 0 amide bonds. The van der Waals surface area contributed by atoms with Crippen LogP contribution in [-0.4, -0.2) is 23.0 Å². The Balaban J connectivity index is 2.45. The highest BCUT2D eigenvalue weighted by Gasteiger charge is 2.45. The molecule has 0 spiro atoms. The van der Waals surface area contributed by atoms with Crippen molar-refractivity contribution in [1.29, 1.82) is 0 Å². The maximum atomic E-state index is 12.5. The Labute approximate surface area is 154 Å². The maximum absolute atomic E-state index is 12.5. The van der Waals surface area contributed by atoms with E-state index in [2.05, 4.69) is 49.7 Å². The summed E-state index contributed by atoms with van der Waals surface area (Å²) >= 11 is 3.52. The molecule has 1 aromatic rings. The van der Waals surface area contributed by atoms with Crippen LogP contribution in [-0.2, 0) is 16.0 Å². The van der Waals surface area contributed by atoms with Gasteiger partial charge in [0.2, 0.25) is 0 Å². The average molecular weight is 397 g/mol. The number of benzene rings is 1. The van der Waals surface area contributed by atoms with E-state index in [0.717, 1.165) is 23.1 Å². The fourth-order valence-corrected chi connectivity index (χ4v) is 3.86. The van der Waals surface area contributed by atoms with Crippen molar-refractivity contribution in [2.75, 3.05) is 5.33 Å².